The molecule has 1 radical (unpaired) electrons. The van der Waals surface area contributed by atoms with Gasteiger partial charge in [-0.25, -0.2) is 8.78 Å². The standard InChI is InChI=1S/C21H20F2N3O2/c1-12(2)27-15-10-16(22)19(17(23)11-15)20-24-21(25-28-20)26-8-4-5-14-9-13(3)6-7-18(14)26/h6-7,9-12H,3-5,8H2,1-2H3. The molecule has 0 spiro atoms. The molecular weight excluding hydrogens is 364 g/mol. The fourth-order valence-corrected chi connectivity index (χ4v) is 3.38. The maximum atomic E-state index is 14.5. The van der Waals surface area contributed by atoms with Crippen LogP contribution in [0.25, 0.3) is 11.5 Å². The fraction of sp³-hybridized carbons (Fsp3) is 0.286. The Balaban J connectivity index is 1.68. The van der Waals surface area contributed by atoms with E-state index in [1.807, 2.05) is 23.1 Å². The van der Waals surface area contributed by atoms with E-state index in [0.717, 1.165) is 41.8 Å². The molecule has 1 aromatic heterocycles. The first kappa shape index (κ1) is 18.4. The van der Waals surface area contributed by atoms with Gasteiger partial charge in [-0.2, -0.15) is 4.98 Å². The van der Waals surface area contributed by atoms with Gasteiger partial charge in [0.05, 0.1) is 6.10 Å². The smallest absolute Gasteiger partial charge is 0.270 e. The summed E-state index contributed by atoms with van der Waals surface area (Å²) in [5, 5.41) is 3.95. The van der Waals surface area contributed by atoms with Gasteiger partial charge in [0.15, 0.2) is 0 Å². The van der Waals surface area contributed by atoms with Crippen LogP contribution < -0.4 is 9.64 Å². The lowest BCUT2D eigenvalue weighted by molar-refractivity contribution is 0.240. The summed E-state index contributed by atoms with van der Waals surface area (Å²) in [5.41, 5.74) is 2.66. The predicted octanol–water partition coefficient (Wildman–Crippen LogP) is 5.07. The van der Waals surface area contributed by atoms with Crippen LogP contribution in [0.2, 0.25) is 0 Å². The Morgan fingerprint density at radius 2 is 1.93 bits per heavy atom. The molecule has 1 aliphatic heterocycles. The van der Waals surface area contributed by atoms with Gasteiger partial charge in [0, 0.05) is 24.4 Å². The Bertz CT molecular complexity index is 994. The number of ether oxygens (including phenoxy) is 1. The summed E-state index contributed by atoms with van der Waals surface area (Å²) in [4.78, 5) is 6.14. The van der Waals surface area contributed by atoms with E-state index in [9.17, 15) is 8.78 Å². The molecule has 1 aliphatic rings. The SMILES string of the molecule is [CH2]c1ccc2c(c1)CCCN2c1noc(-c2c(F)cc(OC(C)C)cc2F)n1. The quantitative estimate of drug-likeness (QED) is 0.629. The monoisotopic (exact) mass is 384 g/mol. The van der Waals surface area contributed by atoms with Crippen LogP contribution in [-0.2, 0) is 6.42 Å². The van der Waals surface area contributed by atoms with Crippen LogP contribution in [0.1, 0.15) is 31.4 Å². The van der Waals surface area contributed by atoms with Crippen molar-refractivity contribution in [3.05, 3.63) is 60.0 Å². The first-order valence-corrected chi connectivity index (χ1v) is 9.14. The van der Waals surface area contributed by atoms with E-state index in [1.54, 1.807) is 13.8 Å². The lowest BCUT2D eigenvalue weighted by atomic mass is 10.00. The highest BCUT2D eigenvalue weighted by atomic mass is 19.1. The summed E-state index contributed by atoms with van der Waals surface area (Å²) in [7, 11) is 0. The van der Waals surface area contributed by atoms with E-state index in [1.165, 1.54) is 0 Å². The Morgan fingerprint density at radius 1 is 1.18 bits per heavy atom. The molecule has 0 fully saturated rings. The summed E-state index contributed by atoms with van der Waals surface area (Å²) < 4.78 is 39.6. The number of aromatic nitrogens is 2. The third-order valence-corrected chi connectivity index (χ3v) is 4.52. The van der Waals surface area contributed by atoms with Gasteiger partial charge in [-0.15, -0.1) is 0 Å². The maximum absolute atomic E-state index is 14.5. The molecule has 2 aromatic carbocycles. The Morgan fingerprint density at radius 3 is 2.64 bits per heavy atom. The molecule has 0 N–H and O–H groups in total. The minimum Gasteiger partial charge on any atom is -0.491 e. The van der Waals surface area contributed by atoms with Crippen LogP contribution in [0.3, 0.4) is 0 Å². The van der Waals surface area contributed by atoms with Crippen LogP contribution in [0.15, 0.2) is 34.9 Å². The molecular formula is C21H20F2N3O2. The first-order valence-electron chi connectivity index (χ1n) is 9.14. The topological polar surface area (TPSA) is 51.4 Å². The highest BCUT2D eigenvalue weighted by Gasteiger charge is 2.25. The third-order valence-electron chi connectivity index (χ3n) is 4.52. The van der Waals surface area contributed by atoms with Crippen molar-refractivity contribution in [1.29, 1.82) is 0 Å². The van der Waals surface area contributed by atoms with Crippen molar-refractivity contribution in [3.8, 4) is 17.2 Å². The van der Waals surface area contributed by atoms with Gasteiger partial charge >= 0.3 is 0 Å². The van der Waals surface area contributed by atoms with E-state index < -0.39 is 11.6 Å². The third kappa shape index (κ3) is 3.44. The van der Waals surface area contributed by atoms with E-state index in [4.69, 9.17) is 9.26 Å². The molecule has 0 saturated carbocycles. The zero-order valence-corrected chi connectivity index (χ0v) is 15.7. The van der Waals surface area contributed by atoms with Crippen LogP contribution in [0.4, 0.5) is 20.4 Å². The molecule has 2 heterocycles. The molecule has 5 nitrogen and oxygen atoms in total. The number of fused-ring (bicyclic) bond motifs is 1. The molecule has 28 heavy (non-hydrogen) atoms. The Labute approximate surface area is 161 Å². The highest BCUT2D eigenvalue weighted by molar-refractivity contribution is 5.66. The number of benzene rings is 2. The number of aryl methyl sites for hydroxylation is 1. The molecule has 0 aliphatic carbocycles. The van der Waals surface area contributed by atoms with Gasteiger partial charge in [-0.1, -0.05) is 12.1 Å². The Kier molecular flexibility index (Phi) is 4.75. The molecule has 7 heteroatoms. The van der Waals surface area contributed by atoms with Gasteiger partial charge in [0.1, 0.15) is 22.9 Å². The largest absolute Gasteiger partial charge is 0.491 e. The molecule has 0 atom stereocenters. The fourth-order valence-electron chi connectivity index (χ4n) is 3.38. The van der Waals surface area contributed by atoms with Gasteiger partial charge in [0.25, 0.3) is 11.8 Å². The van der Waals surface area contributed by atoms with Crippen molar-refractivity contribution in [2.75, 3.05) is 11.4 Å². The van der Waals surface area contributed by atoms with Crippen molar-refractivity contribution in [2.24, 2.45) is 0 Å². The summed E-state index contributed by atoms with van der Waals surface area (Å²) in [6.07, 6.45) is 1.64. The van der Waals surface area contributed by atoms with Crippen LogP contribution in [0, 0.1) is 18.6 Å². The maximum Gasteiger partial charge on any atom is 0.270 e. The first-order chi connectivity index (χ1) is 13.4. The molecule has 145 valence electrons. The van der Waals surface area contributed by atoms with Gasteiger partial charge in [-0.05, 0) is 56.0 Å². The summed E-state index contributed by atoms with van der Waals surface area (Å²) >= 11 is 0. The second kappa shape index (κ2) is 7.22. The van der Waals surface area contributed by atoms with Crippen molar-refractivity contribution in [2.45, 2.75) is 32.8 Å². The molecule has 0 saturated heterocycles. The minimum absolute atomic E-state index is 0.113. The Hall–Kier alpha value is -2.96. The van der Waals surface area contributed by atoms with Crippen LogP contribution >= 0.6 is 0 Å². The van der Waals surface area contributed by atoms with E-state index >= 15 is 0 Å². The van der Waals surface area contributed by atoms with Crippen molar-refractivity contribution >= 4 is 11.6 Å². The predicted molar refractivity (Wildman–Crippen MR) is 102 cm³/mol. The van der Waals surface area contributed by atoms with Gasteiger partial charge < -0.3 is 14.2 Å². The number of hydrogen-bond donors (Lipinski definition) is 0. The summed E-state index contributed by atoms with van der Waals surface area (Å²) in [6.45, 7) is 8.20. The van der Waals surface area contributed by atoms with Gasteiger partial charge in [0.2, 0.25) is 0 Å². The molecule has 0 amide bonds. The summed E-state index contributed by atoms with van der Waals surface area (Å²) in [6, 6.07) is 8.12. The lowest BCUT2D eigenvalue weighted by Crippen LogP contribution is -2.25. The zero-order valence-electron chi connectivity index (χ0n) is 15.7. The number of nitrogens with zero attached hydrogens (tertiary/aromatic N) is 3. The van der Waals surface area contributed by atoms with Crippen LogP contribution in [-0.4, -0.2) is 22.8 Å². The van der Waals surface area contributed by atoms with Crippen molar-refractivity contribution in [3.63, 3.8) is 0 Å². The summed E-state index contributed by atoms with van der Waals surface area (Å²) in [5.74, 6) is -1.45. The van der Waals surface area contributed by atoms with E-state index in [2.05, 4.69) is 17.1 Å². The second-order valence-electron chi connectivity index (χ2n) is 7.05. The molecule has 0 unspecified atom stereocenters. The van der Waals surface area contributed by atoms with E-state index in [0.29, 0.717) is 6.54 Å². The minimum atomic E-state index is -0.813. The van der Waals surface area contributed by atoms with Gasteiger partial charge in [-0.3, -0.25) is 0 Å². The molecule has 0 bridgehead atoms. The van der Waals surface area contributed by atoms with Crippen molar-refractivity contribution < 1.29 is 18.0 Å². The number of rotatable bonds is 4. The number of hydrogen-bond acceptors (Lipinski definition) is 5. The highest BCUT2D eigenvalue weighted by Crippen LogP contribution is 2.35. The number of halogens is 2. The van der Waals surface area contributed by atoms with E-state index in [-0.39, 0.29) is 29.3 Å². The average molecular weight is 384 g/mol. The zero-order chi connectivity index (χ0) is 19.8. The van der Waals surface area contributed by atoms with Crippen molar-refractivity contribution in [1.82, 2.24) is 10.1 Å². The normalized spacial score (nSPS) is 13.7. The number of anilines is 2. The lowest BCUT2D eigenvalue weighted by Gasteiger charge is -2.28. The second-order valence-corrected chi connectivity index (χ2v) is 7.05. The molecule has 4 rings (SSSR count). The van der Waals surface area contributed by atoms with Crippen LogP contribution in [0.5, 0.6) is 5.75 Å². The molecule has 3 aromatic rings. The average Bonchev–Trinajstić information content (AvgIpc) is 3.09.